The third kappa shape index (κ3) is 3.81. The van der Waals surface area contributed by atoms with Crippen LogP contribution in [0.5, 0.6) is 0 Å². The Hall–Kier alpha value is -2.36. The molecule has 1 aromatic rings. The van der Waals surface area contributed by atoms with E-state index >= 15 is 0 Å². The van der Waals surface area contributed by atoms with Crippen molar-refractivity contribution in [1.29, 1.82) is 5.26 Å². The molecule has 0 unspecified atom stereocenters. The van der Waals surface area contributed by atoms with E-state index in [0.717, 1.165) is 0 Å². The van der Waals surface area contributed by atoms with Crippen LogP contribution in [-0.2, 0) is 4.74 Å². The van der Waals surface area contributed by atoms with E-state index < -0.39 is 0 Å². The van der Waals surface area contributed by atoms with Crippen LogP contribution in [0.4, 0.5) is 10.6 Å². The number of anilines is 1. The first kappa shape index (κ1) is 15.0. The number of rotatable bonds is 3. The number of hydrogen-bond acceptors (Lipinski definition) is 6. The molecule has 2 heterocycles. The summed E-state index contributed by atoms with van der Waals surface area (Å²) in [6.45, 7) is 6.78. The van der Waals surface area contributed by atoms with Gasteiger partial charge in [0, 0.05) is 38.6 Å². The van der Waals surface area contributed by atoms with Crippen LogP contribution < -0.4 is 4.90 Å². The summed E-state index contributed by atoms with van der Waals surface area (Å²) in [7, 11) is 0. The summed E-state index contributed by atoms with van der Waals surface area (Å²) in [5.41, 5.74) is 0.313. The highest BCUT2D eigenvalue weighted by Crippen LogP contribution is 2.16. The number of nitrogens with zero attached hydrogens (tertiary/aromatic N) is 5. The molecule has 2 rings (SSSR count). The van der Waals surface area contributed by atoms with Crippen LogP contribution in [0.25, 0.3) is 0 Å². The molecule has 21 heavy (non-hydrogen) atoms. The summed E-state index contributed by atoms with van der Waals surface area (Å²) >= 11 is 0. The molecule has 0 N–H and O–H groups in total. The number of carbonyl (C=O) groups excluding carboxylic acids is 1. The Bertz CT molecular complexity index is 532. The quantitative estimate of drug-likeness (QED) is 0.833. The second-order valence-electron chi connectivity index (χ2n) is 5.29. The maximum atomic E-state index is 11.9. The minimum atomic E-state index is -0.275. The van der Waals surface area contributed by atoms with Crippen molar-refractivity contribution in [2.45, 2.75) is 13.8 Å². The molecule has 0 radical (unpaired) electrons. The molecule has 7 heteroatoms. The van der Waals surface area contributed by atoms with Gasteiger partial charge in [-0.05, 0) is 5.92 Å². The summed E-state index contributed by atoms with van der Waals surface area (Å²) in [6.07, 6.45) is 2.80. The average Bonchev–Trinajstić information content (AvgIpc) is 2.52. The molecule has 0 bridgehead atoms. The smallest absolute Gasteiger partial charge is 0.409 e. The Labute approximate surface area is 124 Å². The van der Waals surface area contributed by atoms with E-state index in [4.69, 9.17) is 10.00 Å². The summed E-state index contributed by atoms with van der Waals surface area (Å²) in [4.78, 5) is 23.7. The number of amides is 1. The molecule has 0 aliphatic carbocycles. The number of carbonyl (C=O) groups is 1. The lowest BCUT2D eigenvalue weighted by Gasteiger charge is -2.34. The highest BCUT2D eigenvalue weighted by molar-refractivity contribution is 5.68. The van der Waals surface area contributed by atoms with Gasteiger partial charge in [0.05, 0.1) is 6.61 Å². The number of ether oxygens (including phenoxy) is 1. The molecule has 1 saturated heterocycles. The van der Waals surface area contributed by atoms with Crippen molar-refractivity contribution in [3.05, 3.63) is 18.1 Å². The van der Waals surface area contributed by atoms with Gasteiger partial charge >= 0.3 is 6.09 Å². The second-order valence-corrected chi connectivity index (χ2v) is 5.29. The topological polar surface area (TPSA) is 82.3 Å². The Balaban J connectivity index is 1.91. The van der Waals surface area contributed by atoms with Crippen LogP contribution in [-0.4, -0.2) is 53.7 Å². The van der Waals surface area contributed by atoms with Gasteiger partial charge < -0.3 is 14.5 Å². The van der Waals surface area contributed by atoms with Gasteiger partial charge in [0.15, 0.2) is 11.5 Å². The lowest BCUT2D eigenvalue weighted by Crippen LogP contribution is -2.49. The minimum Gasteiger partial charge on any atom is -0.449 e. The fourth-order valence-electron chi connectivity index (χ4n) is 2.07. The molecule has 0 saturated carbocycles. The molecule has 0 atom stereocenters. The minimum absolute atomic E-state index is 0.275. The Kier molecular flexibility index (Phi) is 4.93. The van der Waals surface area contributed by atoms with Gasteiger partial charge in [0.1, 0.15) is 6.07 Å². The molecule has 7 nitrogen and oxygen atoms in total. The molecule has 1 aliphatic rings. The molecule has 1 aromatic heterocycles. The number of nitriles is 1. The van der Waals surface area contributed by atoms with Crippen molar-refractivity contribution in [3.8, 4) is 6.07 Å². The highest BCUT2D eigenvalue weighted by Gasteiger charge is 2.24. The summed E-state index contributed by atoms with van der Waals surface area (Å²) in [6, 6.07) is 2.04. The van der Waals surface area contributed by atoms with Gasteiger partial charge in [-0.3, -0.25) is 0 Å². The van der Waals surface area contributed by atoms with Gasteiger partial charge in [0.2, 0.25) is 0 Å². The normalized spacial score (nSPS) is 15.0. The lowest BCUT2D eigenvalue weighted by atomic mass is 10.2. The average molecular weight is 289 g/mol. The van der Waals surface area contributed by atoms with Crippen LogP contribution in [0, 0.1) is 17.2 Å². The van der Waals surface area contributed by atoms with Crippen LogP contribution in [0.1, 0.15) is 19.5 Å². The Morgan fingerprint density at radius 1 is 1.33 bits per heavy atom. The molecule has 1 fully saturated rings. The second kappa shape index (κ2) is 6.88. The predicted octanol–water partition coefficient (Wildman–Crippen LogP) is 1.26. The molecule has 0 aromatic carbocycles. The molecule has 0 spiro atoms. The van der Waals surface area contributed by atoms with E-state index in [0.29, 0.717) is 50.2 Å². The molecule has 1 aliphatic heterocycles. The van der Waals surface area contributed by atoms with E-state index in [-0.39, 0.29) is 6.09 Å². The third-order valence-corrected chi connectivity index (χ3v) is 3.16. The highest BCUT2D eigenvalue weighted by atomic mass is 16.6. The van der Waals surface area contributed by atoms with Gasteiger partial charge in [-0.2, -0.15) is 5.26 Å². The van der Waals surface area contributed by atoms with Crippen molar-refractivity contribution in [2.24, 2.45) is 5.92 Å². The molecular weight excluding hydrogens is 270 g/mol. The van der Waals surface area contributed by atoms with E-state index in [2.05, 4.69) is 9.97 Å². The Morgan fingerprint density at radius 3 is 2.62 bits per heavy atom. The Morgan fingerprint density at radius 2 is 2.00 bits per heavy atom. The fourth-order valence-corrected chi connectivity index (χ4v) is 2.07. The maximum Gasteiger partial charge on any atom is 0.409 e. The van der Waals surface area contributed by atoms with Gasteiger partial charge in [-0.25, -0.2) is 14.8 Å². The monoisotopic (exact) mass is 289 g/mol. The van der Waals surface area contributed by atoms with Crippen molar-refractivity contribution in [3.63, 3.8) is 0 Å². The van der Waals surface area contributed by atoms with Crippen molar-refractivity contribution in [1.82, 2.24) is 14.9 Å². The van der Waals surface area contributed by atoms with Crippen molar-refractivity contribution >= 4 is 11.9 Å². The number of hydrogen-bond donors (Lipinski definition) is 0. The molecule has 112 valence electrons. The summed E-state index contributed by atoms with van der Waals surface area (Å²) < 4.78 is 5.22. The standard InChI is InChI=1S/C14H19N5O2/c1-11(2)10-21-14(20)19-7-5-18(6-8-19)13-12(9-15)16-3-4-17-13/h3-4,11H,5-8,10H2,1-2H3. The zero-order chi connectivity index (χ0) is 15.2. The van der Waals surface area contributed by atoms with Crippen LogP contribution >= 0.6 is 0 Å². The van der Waals surface area contributed by atoms with Crippen molar-refractivity contribution in [2.75, 3.05) is 37.7 Å². The van der Waals surface area contributed by atoms with Crippen LogP contribution in [0.15, 0.2) is 12.4 Å². The zero-order valence-electron chi connectivity index (χ0n) is 12.3. The fraction of sp³-hybridized carbons (Fsp3) is 0.571. The molecule has 1 amide bonds. The zero-order valence-corrected chi connectivity index (χ0v) is 12.3. The predicted molar refractivity (Wildman–Crippen MR) is 76.7 cm³/mol. The van der Waals surface area contributed by atoms with Crippen molar-refractivity contribution < 1.29 is 9.53 Å². The van der Waals surface area contributed by atoms with Gasteiger partial charge in [-0.15, -0.1) is 0 Å². The van der Waals surface area contributed by atoms with Gasteiger partial charge in [-0.1, -0.05) is 13.8 Å². The van der Waals surface area contributed by atoms with Crippen LogP contribution in [0.2, 0.25) is 0 Å². The van der Waals surface area contributed by atoms with E-state index in [9.17, 15) is 4.79 Å². The summed E-state index contributed by atoms with van der Waals surface area (Å²) in [5, 5.41) is 9.05. The summed E-state index contributed by atoms with van der Waals surface area (Å²) in [5.74, 6) is 0.906. The SMILES string of the molecule is CC(C)COC(=O)N1CCN(c2nccnc2C#N)CC1. The third-order valence-electron chi connectivity index (χ3n) is 3.16. The van der Waals surface area contributed by atoms with Crippen LogP contribution in [0.3, 0.4) is 0 Å². The first-order valence-electron chi connectivity index (χ1n) is 6.99. The number of aromatic nitrogens is 2. The first-order chi connectivity index (χ1) is 10.1. The maximum absolute atomic E-state index is 11.9. The first-order valence-corrected chi connectivity index (χ1v) is 6.99. The lowest BCUT2D eigenvalue weighted by molar-refractivity contribution is 0.0901. The van der Waals surface area contributed by atoms with E-state index in [1.54, 1.807) is 11.1 Å². The van der Waals surface area contributed by atoms with Gasteiger partial charge in [0.25, 0.3) is 0 Å². The largest absolute Gasteiger partial charge is 0.449 e. The van der Waals surface area contributed by atoms with E-state index in [1.807, 2.05) is 24.8 Å². The number of piperazine rings is 1. The van der Waals surface area contributed by atoms with E-state index in [1.165, 1.54) is 6.20 Å². The molecular formula is C14H19N5O2.